The lowest BCUT2D eigenvalue weighted by Gasteiger charge is -2.29. The molecular weight excluding hydrogens is 340 g/mol. The molecule has 1 aromatic rings. The van der Waals surface area contributed by atoms with Crippen molar-refractivity contribution in [2.75, 3.05) is 19.8 Å². The van der Waals surface area contributed by atoms with Crippen molar-refractivity contribution in [1.29, 1.82) is 0 Å². The van der Waals surface area contributed by atoms with E-state index in [-0.39, 0.29) is 17.7 Å². The second-order valence-electron chi connectivity index (χ2n) is 5.89. The molecule has 1 aliphatic rings. The highest BCUT2D eigenvalue weighted by Gasteiger charge is 2.53. The maximum atomic E-state index is 10.0. The van der Waals surface area contributed by atoms with Crippen LogP contribution in [0, 0.1) is 0 Å². The van der Waals surface area contributed by atoms with Crippen molar-refractivity contribution in [2.24, 2.45) is 0 Å². The van der Waals surface area contributed by atoms with Crippen LogP contribution in [0.2, 0.25) is 0 Å². The van der Waals surface area contributed by atoms with Crippen LogP contribution in [0.25, 0.3) is 0 Å². The highest BCUT2D eigenvalue weighted by Crippen LogP contribution is 2.41. The first-order valence-corrected chi connectivity index (χ1v) is 7.51. The monoisotopic (exact) mass is 362 g/mol. The summed E-state index contributed by atoms with van der Waals surface area (Å²) in [6, 6.07) is 1.22. The van der Waals surface area contributed by atoms with Crippen LogP contribution in [0.15, 0.2) is 6.07 Å². The molecule has 2 rings (SSSR count). The molecule has 10 heteroatoms. The third-order valence-corrected chi connectivity index (χ3v) is 4.26. The number of aliphatic hydroxyl groups is 5. The molecule has 0 radical (unpaired) electrons. The van der Waals surface area contributed by atoms with E-state index in [1.807, 2.05) is 0 Å². The quantitative estimate of drug-likeness (QED) is 0.245. The highest BCUT2D eigenvalue weighted by molar-refractivity contribution is 5.57. The highest BCUT2D eigenvalue weighted by atomic mass is 16.6. The number of aliphatic hydroxyl groups excluding tert-OH is 5. The Kier molecular flexibility index (Phi) is 6.06. The minimum Gasteiger partial charge on any atom is -0.504 e. The van der Waals surface area contributed by atoms with E-state index in [1.54, 1.807) is 0 Å². The molecule has 0 amide bonds. The fourth-order valence-corrected chi connectivity index (χ4v) is 2.72. The zero-order valence-electron chi connectivity index (χ0n) is 13.2. The molecule has 0 saturated carbocycles. The summed E-state index contributed by atoms with van der Waals surface area (Å²) in [6.07, 6.45) is -4.00. The van der Waals surface area contributed by atoms with Gasteiger partial charge in [0.05, 0.1) is 33.0 Å². The molecular formula is C15H22O10. The van der Waals surface area contributed by atoms with Crippen LogP contribution in [0.5, 0.6) is 17.2 Å². The zero-order valence-corrected chi connectivity index (χ0v) is 13.2. The van der Waals surface area contributed by atoms with E-state index in [0.717, 1.165) is 0 Å². The number of phenols is 3. The average Bonchev–Trinajstić information content (AvgIpc) is 2.86. The molecule has 1 fully saturated rings. The fraction of sp³-hybridized carbons (Fsp3) is 0.600. The van der Waals surface area contributed by atoms with Crippen LogP contribution >= 0.6 is 0 Å². The van der Waals surface area contributed by atoms with Crippen molar-refractivity contribution < 1.29 is 50.3 Å². The Labute approximate surface area is 142 Å². The van der Waals surface area contributed by atoms with Gasteiger partial charge in [-0.3, -0.25) is 0 Å². The van der Waals surface area contributed by atoms with Crippen LogP contribution < -0.4 is 0 Å². The third-order valence-electron chi connectivity index (χ3n) is 4.26. The average molecular weight is 362 g/mol. The summed E-state index contributed by atoms with van der Waals surface area (Å²) >= 11 is 0. The summed E-state index contributed by atoms with van der Waals surface area (Å²) in [7, 11) is 0. The van der Waals surface area contributed by atoms with Gasteiger partial charge in [0.2, 0.25) is 5.75 Å². The molecule has 25 heavy (non-hydrogen) atoms. The van der Waals surface area contributed by atoms with Gasteiger partial charge < -0.3 is 50.3 Å². The van der Waals surface area contributed by atoms with Crippen LogP contribution in [-0.4, -0.2) is 84.6 Å². The molecule has 1 aliphatic heterocycles. The zero-order chi connectivity index (χ0) is 18.8. The Morgan fingerprint density at radius 2 is 1.64 bits per heavy atom. The molecule has 1 aromatic carbocycles. The lowest BCUT2D eigenvalue weighted by atomic mass is 9.96. The molecule has 142 valence electrons. The summed E-state index contributed by atoms with van der Waals surface area (Å²) in [5.41, 5.74) is -1.65. The van der Waals surface area contributed by atoms with E-state index >= 15 is 0 Å². The van der Waals surface area contributed by atoms with Gasteiger partial charge in [-0.2, -0.15) is 0 Å². The molecule has 10 nitrogen and oxygen atoms in total. The summed E-state index contributed by atoms with van der Waals surface area (Å²) < 4.78 is 10.6. The molecule has 0 aliphatic carbocycles. The second-order valence-corrected chi connectivity index (χ2v) is 5.89. The van der Waals surface area contributed by atoms with Crippen LogP contribution in [0.1, 0.15) is 11.1 Å². The number of aromatic hydroxyl groups is 3. The lowest BCUT2D eigenvalue weighted by molar-refractivity contribution is -0.155. The van der Waals surface area contributed by atoms with E-state index in [4.69, 9.17) is 19.7 Å². The molecule has 1 heterocycles. The van der Waals surface area contributed by atoms with Crippen molar-refractivity contribution in [3.8, 4) is 17.2 Å². The Balaban J connectivity index is 2.11. The molecule has 0 aromatic heterocycles. The Hall–Kier alpha value is -1.66. The summed E-state index contributed by atoms with van der Waals surface area (Å²) in [4.78, 5) is 0. The maximum Gasteiger partial charge on any atom is 0.201 e. The lowest BCUT2D eigenvalue weighted by Crippen LogP contribution is -2.50. The first-order valence-electron chi connectivity index (χ1n) is 7.51. The molecule has 8 N–H and O–H groups in total. The van der Waals surface area contributed by atoms with Gasteiger partial charge in [0.15, 0.2) is 11.5 Å². The standard InChI is InChI=1S/C15H22O10/c16-2-7-1-8(11(20)13(22)10(7)19)4-24-6-15(5-18)14(23)12(21)9(3-17)25-15/h1,9,12,14,16-23H,2-6H2. The number of rotatable bonds is 7. The Morgan fingerprint density at radius 3 is 2.16 bits per heavy atom. The van der Waals surface area contributed by atoms with Gasteiger partial charge in [0.1, 0.15) is 23.9 Å². The van der Waals surface area contributed by atoms with Gasteiger partial charge in [-0.05, 0) is 6.07 Å². The summed E-state index contributed by atoms with van der Waals surface area (Å²) in [5, 5.41) is 76.6. The third kappa shape index (κ3) is 3.51. The van der Waals surface area contributed by atoms with E-state index < -0.39 is 67.6 Å². The molecule has 1 saturated heterocycles. The Morgan fingerprint density at radius 1 is 1.00 bits per heavy atom. The van der Waals surface area contributed by atoms with Crippen LogP contribution in [0.4, 0.5) is 0 Å². The number of hydrogen-bond acceptors (Lipinski definition) is 10. The van der Waals surface area contributed by atoms with Crippen molar-refractivity contribution in [1.82, 2.24) is 0 Å². The maximum absolute atomic E-state index is 10.0. The van der Waals surface area contributed by atoms with E-state index in [9.17, 15) is 30.6 Å². The van der Waals surface area contributed by atoms with Gasteiger partial charge >= 0.3 is 0 Å². The van der Waals surface area contributed by atoms with Gasteiger partial charge in [-0.15, -0.1) is 0 Å². The number of ether oxygens (including phenoxy) is 2. The van der Waals surface area contributed by atoms with E-state index in [1.165, 1.54) is 6.07 Å². The van der Waals surface area contributed by atoms with Gasteiger partial charge in [0, 0.05) is 11.1 Å². The van der Waals surface area contributed by atoms with Crippen molar-refractivity contribution in [2.45, 2.75) is 37.1 Å². The van der Waals surface area contributed by atoms with Crippen molar-refractivity contribution in [3.63, 3.8) is 0 Å². The second kappa shape index (κ2) is 7.70. The molecule has 4 atom stereocenters. The van der Waals surface area contributed by atoms with Gasteiger partial charge in [-0.1, -0.05) is 0 Å². The molecule has 0 bridgehead atoms. The van der Waals surface area contributed by atoms with E-state index in [0.29, 0.717) is 0 Å². The first-order chi connectivity index (χ1) is 11.8. The van der Waals surface area contributed by atoms with Crippen molar-refractivity contribution in [3.05, 3.63) is 17.2 Å². The predicted octanol–water partition coefficient (Wildman–Crippen LogP) is -2.34. The van der Waals surface area contributed by atoms with Crippen LogP contribution in [0.3, 0.4) is 0 Å². The summed E-state index contributed by atoms with van der Waals surface area (Å²) in [5.74, 6) is -2.11. The molecule has 0 spiro atoms. The minimum atomic E-state index is -1.67. The number of hydrogen-bond donors (Lipinski definition) is 8. The number of phenolic OH excluding ortho intramolecular Hbond substituents is 2. The largest absolute Gasteiger partial charge is 0.504 e. The normalized spacial score (nSPS) is 29.2. The van der Waals surface area contributed by atoms with Crippen molar-refractivity contribution >= 4 is 0 Å². The number of benzene rings is 1. The van der Waals surface area contributed by atoms with E-state index in [2.05, 4.69) is 0 Å². The first kappa shape index (κ1) is 19.7. The van der Waals surface area contributed by atoms with Crippen LogP contribution in [-0.2, 0) is 22.7 Å². The van der Waals surface area contributed by atoms with Gasteiger partial charge in [0.25, 0.3) is 0 Å². The molecule has 4 unspecified atom stereocenters. The SMILES string of the molecule is OCc1cc(COCC2(CO)OC(CO)C(O)C2O)c(O)c(O)c1O. The summed E-state index contributed by atoms with van der Waals surface area (Å²) in [6.45, 7) is -2.56. The Bertz CT molecular complexity index is 606. The fourth-order valence-electron chi connectivity index (χ4n) is 2.72. The van der Waals surface area contributed by atoms with Gasteiger partial charge in [-0.25, -0.2) is 0 Å². The topological polar surface area (TPSA) is 180 Å². The minimum absolute atomic E-state index is 0.0290. The smallest absolute Gasteiger partial charge is 0.201 e. The predicted molar refractivity (Wildman–Crippen MR) is 80.8 cm³/mol.